The molecule has 0 aromatic carbocycles. The first-order chi connectivity index (χ1) is 3.71. The molecule has 8 nitrogen and oxygen atoms in total. The van der Waals surface area contributed by atoms with E-state index in [0.717, 1.165) is 0 Å². The zero-order valence-electron chi connectivity index (χ0n) is 4.87. The third kappa shape index (κ3) is 18.0. The van der Waals surface area contributed by atoms with Crippen molar-refractivity contribution in [2.24, 2.45) is 0 Å². The van der Waals surface area contributed by atoms with Gasteiger partial charge in [0.2, 0.25) is 0 Å². The molecule has 0 saturated heterocycles. The minimum Gasteiger partial charge on any atom is -0.344 e. The summed E-state index contributed by atoms with van der Waals surface area (Å²) in [5.74, 6) is 0. The monoisotopic (exact) mass is 298 g/mol. The zero-order valence-corrected chi connectivity index (χ0v) is 8.22. The molecule has 0 aliphatic rings. The molecule has 0 atom stereocenters. The summed E-state index contributed by atoms with van der Waals surface area (Å²) in [5, 5.41) is 0. The van der Waals surface area contributed by atoms with E-state index < -0.39 is 18.2 Å². The van der Waals surface area contributed by atoms with E-state index >= 15 is 0 Å². The van der Waals surface area contributed by atoms with Gasteiger partial charge in [0.05, 0.1) is 0 Å². The molecule has 0 aromatic heterocycles. The van der Waals surface area contributed by atoms with Crippen LogP contribution in [0.2, 0.25) is 0 Å². The number of hydrogen-bond acceptors (Lipinski definition) is 5. The summed E-state index contributed by atoms with van der Waals surface area (Å²) in [6, 6.07) is 0. The van der Waals surface area contributed by atoms with E-state index in [1.54, 1.807) is 0 Å². The third-order valence-electron chi connectivity index (χ3n) is 0.191. The van der Waals surface area contributed by atoms with Crippen LogP contribution in [0.1, 0.15) is 0 Å². The summed E-state index contributed by atoms with van der Waals surface area (Å²) in [6.07, 6.45) is 0. The van der Waals surface area contributed by atoms with Gasteiger partial charge in [-0.2, -0.15) is 8.42 Å². The van der Waals surface area contributed by atoms with Crippen LogP contribution in [0.15, 0.2) is 0 Å². The van der Waals surface area contributed by atoms with Crippen molar-refractivity contribution < 1.29 is 50.8 Å². The summed E-state index contributed by atoms with van der Waals surface area (Å²) in [7, 11) is -10.2. The quantitative estimate of drug-likeness (QED) is 0.289. The molecular weight excluding hydrogens is 292 g/mol. The molecule has 73 valence electrons. The van der Waals surface area contributed by atoms with Gasteiger partial charge in [0.25, 0.3) is 0 Å². The molecule has 11 heavy (non-hydrogen) atoms. The normalized spacial score (nSPS) is 11.2. The molecule has 0 heterocycles. The standard InChI is InChI=1S/H3N.H3O7PS.Rh/c;1-8(2,3)7-9(4,5)6;/h1H3;(H2,1,2,3)(H,4,5,6);. The SMILES string of the molecule is N.O=P(O)(O)OS(=O)(=O)O.[Rh]. The van der Waals surface area contributed by atoms with Gasteiger partial charge in [-0.25, -0.2) is 4.57 Å². The van der Waals surface area contributed by atoms with E-state index in [4.69, 9.17) is 14.3 Å². The van der Waals surface area contributed by atoms with Crippen LogP contribution in [-0.2, 0) is 38.4 Å². The minimum absolute atomic E-state index is 0. The van der Waals surface area contributed by atoms with E-state index in [2.05, 4.69) is 3.97 Å². The van der Waals surface area contributed by atoms with Gasteiger partial charge in [0.15, 0.2) is 0 Å². The summed E-state index contributed by atoms with van der Waals surface area (Å²) in [6.45, 7) is 0. The van der Waals surface area contributed by atoms with Crippen molar-refractivity contribution in [1.82, 2.24) is 6.15 Å². The maximum atomic E-state index is 9.58. The van der Waals surface area contributed by atoms with Crippen LogP contribution in [0.5, 0.6) is 0 Å². The van der Waals surface area contributed by atoms with Crippen molar-refractivity contribution in [3.63, 3.8) is 0 Å². The van der Waals surface area contributed by atoms with Gasteiger partial charge >= 0.3 is 18.2 Å². The molecule has 0 aliphatic carbocycles. The maximum absolute atomic E-state index is 9.58. The van der Waals surface area contributed by atoms with Crippen molar-refractivity contribution in [3.8, 4) is 0 Å². The Hall–Kier alpha value is 0.603. The predicted molar refractivity (Wildman–Crippen MR) is 29.7 cm³/mol. The fourth-order valence-electron chi connectivity index (χ4n) is 0.123. The second kappa shape index (κ2) is 5.28. The van der Waals surface area contributed by atoms with Gasteiger partial charge in [-0.15, -0.1) is 3.97 Å². The Morgan fingerprint density at radius 3 is 1.55 bits per heavy atom. The second-order valence-corrected chi connectivity index (χ2v) is 3.43. The average molecular weight is 298 g/mol. The largest absolute Gasteiger partial charge is 0.486 e. The Morgan fingerprint density at radius 2 is 1.55 bits per heavy atom. The first-order valence-electron chi connectivity index (χ1n) is 1.45. The van der Waals surface area contributed by atoms with Crippen LogP contribution in [-0.4, -0.2) is 22.8 Å². The number of rotatable bonds is 2. The molecular formula is H6NO7PRhS. The predicted octanol–water partition coefficient (Wildman–Crippen LogP) is -0.942. The van der Waals surface area contributed by atoms with Crippen LogP contribution in [0.25, 0.3) is 0 Å². The Labute approximate surface area is 75.5 Å². The topological polar surface area (TPSA) is 156 Å². The molecule has 0 aliphatic heterocycles. The van der Waals surface area contributed by atoms with Gasteiger partial charge in [0, 0.05) is 19.5 Å². The Balaban J connectivity index is -0.000000320. The van der Waals surface area contributed by atoms with E-state index in [-0.39, 0.29) is 25.6 Å². The van der Waals surface area contributed by atoms with Crippen molar-refractivity contribution in [2.45, 2.75) is 0 Å². The molecule has 0 unspecified atom stereocenters. The molecule has 6 N–H and O–H groups in total. The fraction of sp³-hybridized carbons (Fsp3) is 0. The second-order valence-electron chi connectivity index (χ2n) is 0.993. The first kappa shape index (κ1) is 17.6. The Bertz CT molecular complexity index is 225. The zero-order chi connectivity index (χ0) is 7.71. The molecule has 0 spiro atoms. The number of hydrogen-bond donors (Lipinski definition) is 4. The van der Waals surface area contributed by atoms with E-state index in [0.29, 0.717) is 0 Å². The Morgan fingerprint density at radius 1 is 1.27 bits per heavy atom. The molecule has 0 aromatic rings. The van der Waals surface area contributed by atoms with Gasteiger partial charge in [-0.05, 0) is 0 Å². The molecule has 0 fully saturated rings. The molecule has 0 bridgehead atoms. The first-order valence-corrected chi connectivity index (χ1v) is 4.34. The summed E-state index contributed by atoms with van der Waals surface area (Å²) < 4.78 is 39.0. The van der Waals surface area contributed by atoms with Crippen LogP contribution in [0, 0.1) is 0 Å². The molecule has 1 radical (unpaired) electrons. The summed E-state index contributed by atoms with van der Waals surface area (Å²) in [5.41, 5.74) is 0. The van der Waals surface area contributed by atoms with Gasteiger partial charge in [-0.1, -0.05) is 0 Å². The van der Waals surface area contributed by atoms with Crippen LogP contribution in [0.3, 0.4) is 0 Å². The van der Waals surface area contributed by atoms with E-state index in [9.17, 15) is 13.0 Å². The summed E-state index contributed by atoms with van der Waals surface area (Å²) >= 11 is 0. The van der Waals surface area contributed by atoms with Crippen molar-refractivity contribution in [1.29, 1.82) is 0 Å². The van der Waals surface area contributed by atoms with Crippen LogP contribution < -0.4 is 6.15 Å². The van der Waals surface area contributed by atoms with E-state index in [1.807, 2.05) is 0 Å². The molecule has 0 rings (SSSR count). The van der Waals surface area contributed by atoms with Crippen molar-refractivity contribution in [2.75, 3.05) is 0 Å². The van der Waals surface area contributed by atoms with Gasteiger partial charge < -0.3 is 15.9 Å². The fourth-order valence-corrected chi connectivity index (χ4v) is 1.10. The third-order valence-corrected chi connectivity index (χ3v) is 1.72. The number of phosphoric acid groups is 1. The maximum Gasteiger partial charge on any atom is 0.486 e. The average Bonchev–Trinajstić information content (AvgIpc) is 1.14. The summed E-state index contributed by atoms with van der Waals surface area (Å²) in [4.78, 5) is 15.4. The van der Waals surface area contributed by atoms with Crippen molar-refractivity contribution >= 4 is 18.2 Å². The minimum atomic E-state index is -5.13. The molecule has 0 amide bonds. The van der Waals surface area contributed by atoms with Crippen LogP contribution in [0.4, 0.5) is 0 Å². The smallest absolute Gasteiger partial charge is 0.344 e. The van der Waals surface area contributed by atoms with Gasteiger partial charge in [-0.3, -0.25) is 4.55 Å². The van der Waals surface area contributed by atoms with Crippen LogP contribution >= 0.6 is 7.82 Å². The molecule has 11 heteroatoms. The van der Waals surface area contributed by atoms with Crippen molar-refractivity contribution in [3.05, 3.63) is 0 Å². The van der Waals surface area contributed by atoms with E-state index in [1.165, 1.54) is 0 Å². The molecule has 0 saturated carbocycles. The Kier molecular flexibility index (Phi) is 8.47. The van der Waals surface area contributed by atoms with Gasteiger partial charge in [0.1, 0.15) is 0 Å².